The highest BCUT2D eigenvalue weighted by Gasteiger charge is 2.30. The third-order valence-corrected chi connectivity index (χ3v) is 9.99. The second-order valence-electron chi connectivity index (χ2n) is 9.69. The zero-order valence-electron chi connectivity index (χ0n) is 21.3. The number of benzene rings is 2. The molecule has 2 saturated heterocycles. The molecule has 3 heterocycles. The quantitative estimate of drug-likeness (QED) is 0.400. The molecule has 2 aliphatic heterocycles. The van der Waals surface area contributed by atoms with Crippen LogP contribution in [0, 0.1) is 5.92 Å². The average molecular weight is 544 g/mol. The number of amides is 1. The molecule has 37 heavy (non-hydrogen) atoms. The summed E-state index contributed by atoms with van der Waals surface area (Å²) in [6.07, 6.45) is 3.50. The van der Waals surface area contributed by atoms with Crippen LogP contribution in [-0.2, 0) is 14.8 Å². The van der Waals surface area contributed by atoms with Crippen molar-refractivity contribution in [1.82, 2.24) is 9.29 Å². The van der Waals surface area contributed by atoms with Crippen LogP contribution < -0.4 is 9.64 Å². The van der Waals surface area contributed by atoms with Gasteiger partial charge in [0.1, 0.15) is 11.3 Å². The maximum Gasteiger partial charge on any atom is 0.260 e. The number of hydrogen-bond acceptors (Lipinski definition) is 7. The summed E-state index contributed by atoms with van der Waals surface area (Å²) in [6, 6.07) is 12.0. The number of ether oxygens (including phenoxy) is 2. The van der Waals surface area contributed by atoms with Gasteiger partial charge in [0.25, 0.3) is 5.91 Å². The molecule has 2 fully saturated rings. The Morgan fingerprint density at radius 3 is 2.59 bits per heavy atom. The molecule has 1 atom stereocenters. The van der Waals surface area contributed by atoms with Crippen molar-refractivity contribution in [3.05, 3.63) is 48.0 Å². The fraction of sp³-hybridized carbons (Fsp3) is 0.481. The van der Waals surface area contributed by atoms with E-state index in [1.54, 1.807) is 21.3 Å². The standard InChI is InChI=1S/C27H33N3O5S2/c1-3-34-23-7-4-8-24-25(23)28-27(36-24)30(18-21-6-5-17-35-21)26(31)20-9-11-22(12-10-20)37(32,33)29-15-13-19(2)14-16-29/h4,7-12,19,21H,3,5-6,13-18H2,1-2H3. The number of sulfonamides is 1. The van der Waals surface area contributed by atoms with Crippen molar-refractivity contribution in [1.29, 1.82) is 0 Å². The predicted molar refractivity (Wildman–Crippen MR) is 145 cm³/mol. The first kappa shape index (κ1) is 26.1. The van der Waals surface area contributed by atoms with Gasteiger partial charge in [0, 0.05) is 25.3 Å². The van der Waals surface area contributed by atoms with Gasteiger partial charge in [-0.15, -0.1) is 0 Å². The van der Waals surface area contributed by atoms with Gasteiger partial charge in [-0.3, -0.25) is 9.69 Å². The molecule has 0 bridgehead atoms. The van der Waals surface area contributed by atoms with Crippen LogP contribution in [0.15, 0.2) is 47.4 Å². The van der Waals surface area contributed by atoms with Crippen molar-refractivity contribution in [2.45, 2.75) is 50.5 Å². The van der Waals surface area contributed by atoms with Crippen LogP contribution in [0.3, 0.4) is 0 Å². The van der Waals surface area contributed by atoms with E-state index in [0.29, 0.717) is 55.2 Å². The summed E-state index contributed by atoms with van der Waals surface area (Å²) in [5.41, 5.74) is 1.14. The van der Waals surface area contributed by atoms with Crippen LogP contribution in [0.25, 0.3) is 10.2 Å². The van der Waals surface area contributed by atoms with Crippen molar-refractivity contribution in [3.8, 4) is 5.75 Å². The molecule has 0 aliphatic carbocycles. The first-order valence-corrected chi connectivity index (χ1v) is 15.2. The molecular formula is C27H33N3O5S2. The molecule has 10 heteroatoms. The lowest BCUT2D eigenvalue weighted by Crippen LogP contribution is -2.38. The molecule has 5 rings (SSSR count). The minimum atomic E-state index is -3.58. The lowest BCUT2D eigenvalue weighted by atomic mass is 10.0. The number of para-hydroxylation sites is 1. The van der Waals surface area contributed by atoms with Gasteiger partial charge in [0.05, 0.1) is 28.9 Å². The number of anilines is 1. The van der Waals surface area contributed by atoms with Crippen molar-refractivity contribution in [2.24, 2.45) is 5.92 Å². The molecule has 2 aromatic carbocycles. The second-order valence-corrected chi connectivity index (χ2v) is 12.6. The van der Waals surface area contributed by atoms with E-state index in [2.05, 4.69) is 6.92 Å². The lowest BCUT2D eigenvalue weighted by molar-refractivity contribution is 0.0917. The van der Waals surface area contributed by atoms with E-state index in [0.717, 1.165) is 35.9 Å². The summed E-state index contributed by atoms with van der Waals surface area (Å²) in [7, 11) is -3.58. The van der Waals surface area contributed by atoms with Crippen molar-refractivity contribution in [2.75, 3.05) is 37.7 Å². The molecule has 0 spiro atoms. The van der Waals surface area contributed by atoms with Crippen molar-refractivity contribution < 1.29 is 22.7 Å². The number of nitrogens with zero attached hydrogens (tertiary/aromatic N) is 3. The SMILES string of the molecule is CCOc1cccc2sc(N(CC3CCCO3)C(=O)c3ccc(S(=O)(=O)N4CCC(C)CC4)cc3)nc12. The van der Waals surface area contributed by atoms with Gasteiger partial charge < -0.3 is 9.47 Å². The Kier molecular flexibility index (Phi) is 7.80. The minimum absolute atomic E-state index is 0.0662. The molecule has 1 unspecified atom stereocenters. The van der Waals surface area contributed by atoms with Gasteiger partial charge in [-0.1, -0.05) is 24.3 Å². The van der Waals surface area contributed by atoms with Gasteiger partial charge >= 0.3 is 0 Å². The Morgan fingerprint density at radius 1 is 1.16 bits per heavy atom. The monoisotopic (exact) mass is 543 g/mol. The Bertz CT molecular complexity index is 1340. The first-order chi connectivity index (χ1) is 17.9. The summed E-state index contributed by atoms with van der Waals surface area (Å²) in [4.78, 5) is 20.4. The Labute approximate surface area is 222 Å². The summed E-state index contributed by atoms with van der Waals surface area (Å²) in [5, 5.41) is 0.571. The summed E-state index contributed by atoms with van der Waals surface area (Å²) < 4.78 is 40.3. The van der Waals surface area contributed by atoms with Gasteiger partial charge in [0.2, 0.25) is 10.0 Å². The number of rotatable bonds is 8. The predicted octanol–water partition coefficient (Wildman–Crippen LogP) is 4.94. The molecule has 1 aromatic heterocycles. The largest absolute Gasteiger partial charge is 0.492 e. The maximum absolute atomic E-state index is 13.8. The molecule has 8 nitrogen and oxygen atoms in total. The normalized spacial score (nSPS) is 19.4. The van der Waals surface area contributed by atoms with E-state index in [1.165, 1.54) is 23.5 Å². The molecular weight excluding hydrogens is 510 g/mol. The topological polar surface area (TPSA) is 89.0 Å². The van der Waals surface area contributed by atoms with E-state index < -0.39 is 10.0 Å². The zero-order chi connectivity index (χ0) is 26.0. The summed E-state index contributed by atoms with van der Waals surface area (Å²) >= 11 is 1.43. The van der Waals surface area contributed by atoms with Gasteiger partial charge in [-0.25, -0.2) is 13.4 Å². The first-order valence-electron chi connectivity index (χ1n) is 12.9. The highest BCUT2D eigenvalue weighted by Crippen LogP contribution is 2.35. The molecule has 1 amide bonds. The van der Waals surface area contributed by atoms with Crippen molar-refractivity contribution in [3.63, 3.8) is 0 Å². The van der Waals surface area contributed by atoms with Crippen LogP contribution in [0.4, 0.5) is 5.13 Å². The third-order valence-electron chi connectivity index (χ3n) is 7.04. The Morgan fingerprint density at radius 2 is 1.92 bits per heavy atom. The molecule has 2 aliphatic rings. The van der Waals surface area contributed by atoms with Gasteiger partial charge in [-0.05, 0) is 74.9 Å². The van der Waals surface area contributed by atoms with Crippen LogP contribution in [0.5, 0.6) is 5.75 Å². The summed E-state index contributed by atoms with van der Waals surface area (Å²) in [5.74, 6) is 0.991. The van der Waals surface area contributed by atoms with E-state index in [1.807, 2.05) is 25.1 Å². The van der Waals surface area contributed by atoms with Crippen LogP contribution in [0.2, 0.25) is 0 Å². The second kappa shape index (κ2) is 11.1. The molecule has 0 N–H and O–H groups in total. The van der Waals surface area contributed by atoms with E-state index >= 15 is 0 Å². The molecule has 3 aromatic rings. The maximum atomic E-state index is 13.8. The fourth-order valence-corrected chi connectivity index (χ4v) is 7.30. The number of carbonyl (C=O) groups is 1. The number of piperidine rings is 1. The highest BCUT2D eigenvalue weighted by atomic mass is 32.2. The highest BCUT2D eigenvalue weighted by molar-refractivity contribution is 7.89. The van der Waals surface area contributed by atoms with E-state index in [9.17, 15) is 13.2 Å². The third kappa shape index (κ3) is 5.52. The lowest BCUT2D eigenvalue weighted by Gasteiger charge is -2.29. The Balaban J connectivity index is 1.43. The Hall–Kier alpha value is -2.53. The van der Waals surface area contributed by atoms with Crippen LogP contribution in [0.1, 0.15) is 49.9 Å². The van der Waals surface area contributed by atoms with Gasteiger partial charge in [-0.2, -0.15) is 4.31 Å². The van der Waals surface area contributed by atoms with Crippen LogP contribution in [-0.4, -0.2) is 62.6 Å². The number of carbonyl (C=O) groups excluding carboxylic acids is 1. The average Bonchev–Trinajstić information content (AvgIpc) is 3.58. The van der Waals surface area contributed by atoms with E-state index in [-0.39, 0.29) is 16.9 Å². The zero-order valence-corrected chi connectivity index (χ0v) is 22.9. The summed E-state index contributed by atoms with van der Waals surface area (Å²) in [6.45, 7) is 6.72. The number of thiazole rings is 1. The van der Waals surface area contributed by atoms with Gasteiger partial charge in [0.15, 0.2) is 5.13 Å². The minimum Gasteiger partial charge on any atom is -0.492 e. The number of aromatic nitrogens is 1. The molecule has 0 saturated carbocycles. The van der Waals surface area contributed by atoms with Crippen LogP contribution >= 0.6 is 11.3 Å². The smallest absolute Gasteiger partial charge is 0.260 e. The molecule has 198 valence electrons. The van der Waals surface area contributed by atoms with Crippen molar-refractivity contribution >= 4 is 42.6 Å². The number of hydrogen-bond donors (Lipinski definition) is 0. The fourth-order valence-electron chi connectivity index (χ4n) is 4.84. The number of fused-ring (bicyclic) bond motifs is 1. The van der Waals surface area contributed by atoms with E-state index in [4.69, 9.17) is 14.5 Å². The molecule has 0 radical (unpaired) electrons.